The highest BCUT2D eigenvalue weighted by Crippen LogP contribution is 2.46. The first kappa shape index (κ1) is 15.7. The lowest BCUT2D eigenvalue weighted by atomic mass is 10.2. The Kier molecular flexibility index (Phi) is 4.62. The fourth-order valence-corrected chi connectivity index (χ4v) is 4.37. The summed E-state index contributed by atoms with van der Waals surface area (Å²) >= 11 is 13.6. The van der Waals surface area contributed by atoms with Crippen molar-refractivity contribution in [2.24, 2.45) is 5.92 Å². The van der Waals surface area contributed by atoms with E-state index in [-0.39, 0.29) is 0 Å². The van der Waals surface area contributed by atoms with Crippen LogP contribution in [0.5, 0.6) is 0 Å². The van der Waals surface area contributed by atoms with Gasteiger partial charge in [-0.15, -0.1) is 0 Å². The van der Waals surface area contributed by atoms with Gasteiger partial charge in [-0.2, -0.15) is 0 Å². The second kappa shape index (κ2) is 6.49. The zero-order valence-corrected chi connectivity index (χ0v) is 14.8. The Balaban J connectivity index is 1.89. The van der Waals surface area contributed by atoms with Gasteiger partial charge in [-0.25, -0.2) is 0 Å². The van der Waals surface area contributed by atoms with Crippen molar-refractivity contribution >= 4 is 52.1 Å². The van der Waals surface area contributed by atoms with Crippen LogP contribution in [0.1, 0.15) is 13.8 Å². The normalized spacial score (nSPS) is 16.7. The number of thiocarbonyl (C=S) groups is 1. The highest BCUT2D eigenvalue weighted by molar-refractivity contribution is 8.00. The van der Waals surface area contributed by atoms with E-state index in [0.29, 0.717) is 21.4 Å². The fourth-order valence-electron chi connectivity index (χ4n) is 2.48. The Labute approximate surface area is 145 Å². The molecule has 3 rings (SSSR count). The highest BCUT2D eigenvalue weighted by atomic mass is 35.5. The van der Waals surface area contributed by atoms with E-state index in [2.05, 4.69) is 48.3 Å². The number of para-hydroxylation sites is 1. The molecule has 0 aromatic heterocycles. The number of anilines is 2. The standard InChI is InChI=1S/C17H17ClN2S2/c1-11(2)16-20(14-8-3-4-9-15(14)22-16)17(21)19-13-7-5-6-12(18)10-13/h3-11,16H,1-2H3,(H,19,21). The number of nitrogens with one attached hydrogen (secondary N) is 1. The molecule has 0 saturated heterocycles. The maximum absolute atomic E-state index is 6.05. The van der Waals surface area contributed by atoms with E-state index < -0.39 is 0 Å². The highest BCUT2D eigenvalue weighted by Gasteiger charge is 2.34. The van der Waals surface area contributed by atoms with Crippen LogP contribution in [0.3, 0.4) is 0 Å². The summed E-state index contributed by atoms with van der Waals surface area (Å²) in [7, 11) is 0. The largest absolute Gasteiger partial charge is 0.332 e. The third-order valence-corrected chi connectivity index (χ3v) is 5.62. The Morgan fingerprint density at radius 2 is 2.00 bits per heavy atom. The quantitative estimate of drug-likeness (QED) is 0.707. The first-order valence-electron chi connectivity index (χ1n) is 7.18. The zero-order valence-electron chi connectivity index (χ0n) is 12.4. The van der Waals surface area contributed by atoms with E-state index in [1.165, 1.54) is 10.6 Å². The molecule has 1 unspecified atom stereocenters. The van der Waals surface area contributed by atoms with Crippen LogP contribution in [0.25, 0.3) is 0 Å². The molecule has 2 nitrogen and oxygen atoms in total. The fraction of sp³-hybridized carbons (Fsp3) is 0.235. The molecule has 2 aromatic rings. The SMILES string of the molecule is CC(C)C1Sc2ccccc2N1C(=S)Nc1cccc(Cl)c1. The Morgan fingerprint density at radius 1 is 1.23 bits per heavy atom. The molecule has 1 aliphatic heterocycles. The van der Waals surface area contributed by atoms with Crippen molar-refractivity contribution in [3.63, 3.8) is 0 Å². The van der Waals surface area contributed by atoms with Gasteiger partial charge in [-0.05, 0) is 48.5 Å². The average molecular weight is 349 g/mol. The summed E-state index contributed by atoms with van der Waals surface area (Å²) in [6.45, 7) is 4.44. The van der Waals surface area contributed by atoms with Crippen molar-refractivity contribution < 1.29 is 0 Å². The molecule has 0 saturated carbocycles. The van der Waals surface area contributed by atoms with Gasteiger partial charge in [0.1, 0.15) is 0 Å². The maximum Gasteiger partial charge on any atom is 0.178 e. The summed E-state index contributed by atoms with van der Waals surface area (Å²) in [6, 6.07) is 16.0. The van der Waals surface area contributed by atoms with Crippen LogP contribution in [0, 0.1) is 5.92 Å². The van der Waals surface area contributed by atoms with Crippen LogP contribution in [-0.2, 0) is 0 Å². The van der Waals surface area contributed by atoms with Gasteiger partial charge in [0, 0.05) is 15.6 Å². The lowest BCUT2D eigenvalue weighted by Crippen LogP contribution is -2.41. The van der Waals surface area contributed by atoms with E-state index in [0.717, 1.165) is 5.69 Å². The number of rotatable bonds is 2. The Hall–Kier alpha value is -1.23. The predicted molar refractivity (Wildman–Crippen MR) is 101 cm³/mol. The molecule has 0 bridgehead atoms. The van der Waals surface area contributed by atoms with Crippen LogP contribution in [0.15, 0.2) is 53.4 Å². The average Bonchev–Trinajstić information content (AvgIpc) is 2.87. The van der Waals surface area contributed by atoms with Crippen molar-refractivity contribution in [2.45, 2.75) is 24.1 Å². The third-order valence-electron chi connectivity index (χ3n) is 3.49. The molecule has 1 heterocycles. The van der Waals surface area contributed by atoms with E-state index in [1.807, 2.05) is 36.0 Å². The van der Waals surface area contributed by atoms with Crippen molar-refractivity contribution in [2.75, 3.05) is 10.2 Å². The summed E-state index contributed by atoms with van der Waals surface area (Å²) < 4.78 is 0. The molecule has 0 spiro atoms. The van der Waals surface area contributed by atoms with Crippen molar-refractivity contribution in [3.05, 3.63) is 53.6 Å². The molecule has 0 radical (unpaired) electrons. The molecule has 1 aliphatic rings. The van der Waals surface area contributed by atoms with E-state index in [9.17, 15) is 0 Å². The Morgan fingerprint density at radius 3 is 2.73 bits per heavy atom. The summed E-state index contributed by atoms with van der Waals surface area (Å²) in [5.41, 5.74) is 2.08. The number of benzene rings is 2. The van der Waals surface area contributed by atoms with E-state index in [1.54, 1.807) is 0 Å². The number of halogens is 1. The smallest absolute Gasteiger partial charge is 0.178 e. The number of thioether (sulfide) groups is 1. The monoisotopic (exact) mass is 348 g/mol. The van der Waals surface area contributed by atoms with Crippen LogP contribution in [0.2, 0.25) is 5.02 Å². The molecule has 1 atom stereocenters. The van der Waals surface area contributed by atoms with Gasteiger partial charge in [0.2, 0.25) is 0 Å². The Bertz CT molecular complexity index is 703. The minimum atomic E-state index is 0.302. The van der Waals surface area contributed by atoms with Crippen LogP contribution in [-0.4, -0.2) is 10.5 Å². The second-order valence-corrected chi connectivity index (χ2v) is 7.51. The van der Waals surface area contributed by atoms with Crippen molar-refractivity contribution in [1.29, 1.82) is 0 Å². The predicted octanol–water partition coefficient (Wildman–Crippen LogP) is 5.63. The van der Waals surface area contributed by atoms with Crippen molar-refractivity contribution in [3.8, 4) is 0 Å². The third kappa shape index (κ3) is 3.09. The molecular weight excluding hydrogens is 332 g/mol. The second-order valence-electron chi connectivity index (χ2n) is 5.53. The molecule has 5 heteroatoms. The maximum atomic E-state index is 6.05. The van der Waals surface area contributed by atoms with Gasteiger partial charge >= 0.3 is 0 Å². The first-order chi connectivity index (χ1) is 10.6. The molecule has 0 fully saturated rings. The minimum Gasteiger partial charge on any atom is -0.332 e. The summed E-state index contributed by atoms with van der Waals surface area (Å²) in [5.74, 6) is 0.483. The minimum absolute atomic E-state index is 0.302. The number of fused-ring (bicyclic) bond motifs is 1. The molecule has 22 heavy (non-hydrogen) atoms. The van der Waals surface area contributed by atoms with Gasteiger partial charge in [-0.3, -0.25) is 0 Å². The van der Waals surface area contributed by atoms with Gasteiger partial charge in [-0.1, -0.05) is 55.4 Å². The molecular formula is C17H17ClN2S2. The lowest BCUT2D eigenvalue weighted by molar-refractivity contribution is 0.626. The van der Waals surface area contributed by atoms with Crippen LogP contribution in [0.4, 0.5) is 11.4 Å². The topological polar surface area (TPSA) is 15.3 Å². The van der Waals surface area contributed by atoms with Crippen LogP contribution < -0.4 is 10.2 Å². The lowest BCUT2D eigenvalue weighted by Gasteiger charge is -2.29. The number of nitrogens with zero attached hydrogens (tertiary/aromatic N) is 1. The molecule has 1 N–H and O–H groups in total. The zero-order chi connectivity index (χ0) is 15.7. The van der Waals surface area contributed by atoms with Gasteiger partial charge in [0.15, 0.2) is 5.11 Å². The number of hydrogen-bond donors (Lipinski definition) is 1. The molecule has 2 aromatic carbocycles. The molecule has 0 amide bonds. The van der Waals surface area contributed by atoms with Crippen molar-refractivity contribution in [1.82, 2.24) is 0 Å². The number of hydrogen-bond acceptors (Lipinski definition) is 2. The summed E-state index contributed by atoms with van der Waals surface area (Å²) in [5, 5.41) is 5.02. The van der Waals surface area contributed by atoms with Crippen LogP contribution >= 0.6 is 35.6 Å². The van der Waals surface area contributed by atoms with Gasteiger partial charge in [0.05, 0.1) is 11.1 Å². The van der Waals surface area contributed by atoms with Gasteiger partial charge in [0.25, 0.3) is 0 Å². The van der Waals surface area contributed by atoms with E-state index >= 15 is 0 Å². The first-order valence-corrected chi connectivity index (χ1v) is 8.84. The molecule has 114 valence electrons. The molecule has 0 aliphatic carbocycles. The summed E-state index contributed by atoms with van der Waals surface area (Å²) in [6.07, 6.45) is 0. The van der Waals surface area contributed by atoms with Gasteiger partial charge < -0.3 is 10.2 Å². The van der Waals surface area contributed by atoms with E-state index in [4.69, 9.17) is 23.8 Å². The summed E-state index contributed by atoms with van der Waals surface area (Å²) in [4.78, 5) is 3.48.